The molecule has 0 heterocycles. The zero-order valence-corrected chi connectivity index (χ0v) is 45.9. The number of carboxylic acid groups (broad SMARTS) is 1. The van der Waals surface area contributed by atoms with Crippen molar-refractivity contribution in [2.24, 2.45) is 50.5 Å². The van der Waals surface area contributed by atoms with Gasteiger partial charge >= 0.3 is 13.8 Å². The molecule has 0 saturated carbocycles. The number of rotatable bonds is 37. The van der Waals surface area contributed by atoms with Gasteiger partial charge in [-0.1, -0.05) is 40.5 Å². The highest BCUT2D eigenvalue weighted by Crippen LogP contribution is 2.35. The van der Waals surface area contributed by atoms with Gasteiger partial charge in [-0.05, 0) is 64.7 Å². The van der Waals surface area contributed by atoms with Gasteiger partial charge in [0.05, 0.1) is 12.7 Å². The normalized spacial score (nSPS) is 15.8. The van der Waals surface area contributed by atoms with Crippen LogP contribution in [0.1, 0.15) is 107 Å². The monoisotopic (exact) mass is 1140 g/mol. The Balaban J connectivity index is 6.82. The lowest BCUT2D eigenvalue weighted by Crippen LogP contribution is -2.62. The van der Waals surface area contributed by atoms with Crippen LogP contribution in [0.5, 0.6) is 0 Å². The summed E-state index contributed by atoms with van der Waals surface area (Å²) in [6.45, 7) is 10.0. The quantitative estimate of drug-likeness (QED) is 0.0119. The number of aliphatic carboxylic acids is 1. The molecule has 33 nitrogen and oxygen atoms in total. The smallest absolute Gasteiger partial charge is 0.469 e. The summed E-state index contributed by atoms with van der Waals surface area (Å²) in [4.78, 5) is 171. The summed E-state index contributed by atoms with van der Waals surface area (Å²) in [5, 5.41) is 41.1. The van der Waals surface area contributed by atoms with Crippen molar-refractivity contribution in [1.29, 1.82) is 0 Å². The summed E-state index contributed by atoms with van der Waals surface area (Å²) in [5.41, 5.74) is 27.2. The number of aliphatic imine (C=N–C) groups is 2. The number of nitrogens with zero attached hydrogens (tertiary/aromatic N) is 2. The molecule has 0 rings (SSSR count). The summed E-state index contributed by atoms with van der Waals surface area (Å²) in [5.74, 6) is -12.9. The van der Waals surface area contributed by atoms with Crippen LogP contribution in [0.25, 0.3) is 0 Å². The fourth-order valence-corrected chi connectivity index (χ4v) is 7.22. The number of hydrogen-bond donors (Lipinski definition) is 18. The zero-order valence-electron chi connectivity index (χ0n) is 45.0. The number of carbonyl (C=O) groups is 11. The van der Waals surface area contributed by atoms with E-state index in [4.69, 9.17) is 33.8 Å². The molecule has 12 atom stereocenters. The van der Waals surface area contributed by atoms with Crippen molar-refractivity contribution in [2.75, 3.05) is 19.7 Å². The Morgan fingerprint density at radius 2 is 0.885 bits per heavy atom. The molecule has 10 amide bonds. The molecule has 0 bridgehead atoms. The third-order valence-electron chi connectivity index (χ3n) is 11.7. The first kappa shape index (κ1) is 70.8. The lowest BCUT2D eigenvalue weighted by atomic mass is 9.96. The van der Waals surface area contributed by atoms with E-state index in [1.54, 1.807) is 20.8 Å². The van der Waals surface area contributed by atoms with Crippen LogP contribution in [-0.2, 0) is 61.8 Å². The van der Waals surface area contributed by atoms with Crippen molar-refractivity contribution in [3.8, 4) is 0 Å². The highest BCUT2D eigenvalue weighted by Gasteiger charge is 2.37. The van der Waals surface area contributed by atoms with Crippen molar-refractivity contribution in [3.05, 3.63) is 0 Å². The number of primary amides is 1. The molecule has 78 heavy (non-hydrogen) atoms. The van der Waals surface area contributed by atoms with Crippen LogP contribution in [0.15, 0.2) is 9.98 Å². The minimum atomic E-state index is -5.38. The summed E-state index contributed by atoms with van der Waals surface area (Å²) >= 11 is 0. The molecule has 0 spiro atoms. The second-order valence-electron chi connectivity index (χ2n) is 18.4. The highest BCUT2D eigenvalue weighted by atomic mass is 31.2. The number of nitrogens with one attached hydrogen (secondary N) is 9. The molecule has 0 saturated heterocycles. The molecule has 0 aromatic rings. The lowest BCUT2D eigenvalue weighted by Gasteiger charge is -2.30. The van der Waals surface area contributed by atoms with Crippen molar-refractivity contribution in [3.63, 3.8) is 0 Å². The predicted molar refractivity (Wildman–Crippen MR) is 279 cm³/mol. The Morgan fingerprint density at radius 1 is 0.513 bits per heavy atom. The Morgan fingerprint density at radius 3 is 1.29 bits per heavy atom. The number of guanidine groups is 2. The van der Waals surface area contributed by atoms with Gasteiger partial charge in [0.15, 0.2) is 11.9 Å². The molecule has 0 unspecified atom stereocenters. The van der Waals surface area contributed by atoms with E-state index in [0.29, 0.717) is 6.42 Å². The van der Waals surface area contributed by atoms with Gasteiger partial charge in [-0.25, -0.2) is 4.57 Å². The number of phosphoric ester groups is 1. The Kier molecular flexibility index (Phi) is 32.0. The first-order valence-corrected chi connectivity index (χ1v) is 26.4. The SMILES string of the molecule is CC[C@H](C)[C@H](NC(=O)[C@H](C)NC(C)=O)C(=O)N[C@@H](CCCN=C(N)N)C(=O)N[C@@H](CCCN=C(N)N)C(=O)N[C@@H](C)C(=O)N[C@@H](COP(=O)(O)O)C(=O)N[C@H](C(=O)N[C@H](C(=O)N[C@@H](CCC(=O)O)C(N)=O)[C@@H](C)CC)[C@@H](C)O. The molecular formula is C44H81N16O17P. The molecule has 0 aromatic carbocycles. The number of aliphatic hydroxyl groups is 1. The number of hydrogen-bond acceptors (Lipinski definition) is 16. The Bertz CT molecular complexity index is 2190. The van der Waals surface area contributed by atoms with E-state index in [9.17, 15) is 72.2 Å². The maximum atomic E-state index is 14.1. The van der Waals surface area contributed by atoms with Gasteiger partial charge in [0, 0.05) is 26.4 Å². The van der Waals surface area contributed by atoms with Gasteiger partial charge in [-0.3, -0.25) is 67.2 Å². The molecule has 0 aliphatic heterocycles. The summed E-state index contributed by atoms with van der Waals surface area (Å²) in [6, 6.07) is -13.8. The van der Waals surface area contributed by atoms with E-state index < -0.39 is 165 Å². The number of carbonyl (C=O) groups excluding carboxylic acids is 10. The molecule has 0 aliphatic rings. The van der Waals surface area contributed by atoms with Crippen LogP contribution in [0.2, 0.25) is 0 Å². The minimum Gasteiger partial charge on any atom is -0.481 e. The van der Waals surface area contributed by atoms with Crippen LogP contribution < -0.4 is 76.5 Å². The second-order valence-corrected chi connectivity index (χ2v) is 19.6. The first-order valence-electron chi connectivity index (χ1n) is 24.9. The van der Waals surface area contributed by atoms with Gasteiger partial charge < -0.3 is 96.5 Å². The van der Waals surface area contributed by atoms with Crippen LogP contribution in [0.3, 0.4) is 0 Å². The average molecular weight is 1140 g/mol. The number of amides is 10. The summed E-state index contributed by atoms with van der Waals surface area (Å²) in [6.07, 6.45) is -2.30. The lowest BCUT2D eigenvalue weighted by molar-refractivity contribution is -0.138. The largest absolute Gasteiger partial charge is 0.481 e. The van der Waals surface area contributed by atoms with Crippen LogP contribution in [0.4, 0.5) is 0 Å². The Hall–Kier alpha value is -7.22. The van der Waals surface area contributed by atoms with Gasteiger partial charge in [-0.2, -0.15) is 0 Å². The maximum absolute atomic E-state index is 14.1. The van der Waals surface area contributed by atoms with Crippen molar-refractivity contribution in [1.82, 2.24) is 47.9 Å². The van der Waals surface area contributed by atoms with Gasteiger partial charge in [0.2, 0.25) is 59.1 Å². The third kappa shape index (κ3) is 28.2. The predicted octanol–water partition coefficient (Wildman–Crippen LogP) is -6.55. The molecule has 0 radical (unpaired) electrons. The molecule has 0 aromatic heterocycles. The molecule has 0 aliphatic carbocycles. The molecule has 23 N–H and O–H groups in total. The van der Waals surface area contributed by atoms with E-state index in [1.165, 1.54) is 20.8 Å². The van der Waals surface area contributed by atoms with Crippen molar-refractivity contribution in [2.45, 2.75) is 167 Å². The van der Waals surface area contributed by atoms with Gasteiger partial charge in [0.25, 0.3) is 0 Å². The molecule has 0 fully saturated rings. The fraction of sp³-hybridized carbons (Fsp3) is 0.705. The standard InChI is InChI=1S/C44H81N16O17P/c1-9-20(3)31(58-36(67)22(5)52-25(8)62)41(72)56-28(14-12-18-51-44(48)49)38(69)55-27(13-11-17-50-43(46)47)37(68)53-23(6)35(66)57-29(19-77-78(74,75)76)39(70)60-33(24(7)61)42(73)59-32(21(4)10-2)40(71)54-26(34(45)65)15-16-30(63)64/h20-24,26-29,31-33,61H,9-19H2,1-8H3,(H2,45,65)(H,52,62)(H,53,68)(H,54,71)(H,55,69)(H,56,72)(H,57,66)(H,58,67)(H,59,73)(H,60,70)(H,63,64)(H4,46,47,50)(H4,48,49,51)(H2,74,75,76)/t20-,21-,22-,23-,24+,26-,27-,28-,29-,31-,32-,33-/m0/s1. The van der Waals surface area contributed by atoms with E-state index >= 15 is 0 Å². The molecule has 444 valence electrons. The number of phosphoric acid groups is 1. The van der Waals surface area contributed by atoms with E-state index in [1.807, 2.05) is 0 Å². The third-order valence-corrected chi connectivity index (χ3v) is 12.2. The van der Waals surface area contributed by atoms with Gasteiger partial charge in [-0.15, -0.1) is 0 Å². The second kappa shape index (κ2) is 35.2. The summed E-state index contributed by atoms with van der Waals surface area (Å²) in [7, 11) is -5.38. The van der Waals surface area contributed by atoms with E-state index in [0.717, 1.165) is 13.8 Å². The van der Waals surface area contributed by atoms with Crippen molar-refractivity contribution >= 4 is 84.8 Å². The fourth-order valence-electron chi connectivity index (χ4n) is 6.88. The van der Waals surface area contributed by atoms with Crippen LogP contribution in [-0.4, -0.2) is 177 Å². The summed E-state index contributed by atoms with van der Waals surface area (Å²) < 4.78 is 16.3. The average Bonchev–Trinajstić information content (AvgIpc) is 3.33. The number of carboxylic acids is 1. The Labute approximate surface area is 450 Å². The first-order chi connectivity index (χ1) is 36.1. The van der Waals surface area contributed by atoms with E-state index in [-0.39, 0.29) is 57.1 Å². The zero-order chi connectivity index (χ0) is 60.2. The molecular weight excluding hydrogens is 1060 g/mol. The maximum Gasteiger partial charge on any atom is 0.469 e. The van der Waals surface area contributed by atoms with Crippen LogP contribution in [0, 0.1) is 11.8 Å². The minimum absolute atomic E-state index is 0.00182. The van der Waals surface area contributed by atoms with Crippen LogP contribution >= 0.6 is 7.82 Å². The molecule has 34 heteroatoms. The number of nitrogens with two attached hydrogens (primary N) is 5. The van der Waals surface area contributed by atoms with Gasteiger partial charge in [0.1, 0.15) is 54.4 Å². The highest BCUT2D eigenvalue weighted by molar-refractivity contribution is 7.46. The van der Waals surface area contributed by atoms with E-state index in [2.05, 4.69) is 62.4 Å². The van der Waals surface area contributed by atoms with Crippen molar-refractivity contribution < 1.29 is 81.8 Å². The topological polar surface area (TPSA) is 558 Å². The number of aliphatic hydroxyl groups excluding tert-OH is 1.